The molecule has 0 aromatic heterocycles. The van der Waals surface area contributed by atoms with E-state index in [-0.39, 0.29) is 5.78 Å². The van der Waals surface area contributed by atoms with Crippen LogP contribution in [-0.2, 0) is 0 Å². The predicted molar refractivity (Wildman–Crippen MR) is 93.8 cm³/mol. The molecule has 0 fully saturated rings. The first-order chi connectivity index (χ1) is 11.1. The molecular formula is C21H20O2. The Balaban J connectivity index is 2.12. The average molecular weight is 304 g/mol. The van der Waals surface area contributed by atoms with Gasteiger partial charge in [0.25, 0.3) is 0 Å². The molecule has 23 heavy (non-hydrogen) atoms. The van der Waals surface area contributed by atoms with Gasteiger partial charge < -0.3 is 4.74 Å². The van der Waals surface area contributed by atoms with Crippen LogP contribution in [0.2, 0.25) is 0 Å². The van der Waals surface area contributed by atoms with Gasteiger partial charge in [0.2, 0.25) is 0 Å². The first-order valence-corrected chi connectivity index (χ1v) is 7.75. The number of carbonyl (C=O) groups excluding carboxylic acids is 1. The second kappa shape index (κ2) is 6.25. The van der Waals surface area contributed by atoms with Gasteiger partial charge in [-0.15, -0.1) is 0 Å². The van der Waals surface area contributed by atoms with Crippen LogP contribution in [0.25, 0.3) is 5.57 Å². The molecule has 2 heteroatoms. The molecule has 2 aromatic carbocycles. The van der Waals surface area contributed by atoms with Gasteiger partial charge in [0.1, 0.15) is 5.75 Å². The summed E-state index contributed by atoms with van der Waals surface area (Å²) in [6.07, 6.45) is 3.09. The van der Waals surface area contributed by atoms with E-state index < -0.39 is 0 Å². The summed E-state index contributed by atoms with van der Waals surface area (Å²) in [6.45, 7) is 4.23. The highest BCUT2D eigenvalue weighted by molar-refractivity contribution is 6.12. The van der Waals surface area contributed by atoms with Crippen molar-refractivity contribution < 1.29 is 9.53 Å². The Hall–Kier alpha value is -2.61. The summed E-state index contributed by atoms with van der Waals surface area (Å²) in [5, 5.41) is 0. The van der Waals surface area contributed by atoms with Crippen LogP contribution >= 0.6 is 0 Å². The number of ether oxygens (including phenoxy) is 1. The molecule has 0 heterocycles. The molecular weight excluding hydrogens is 284 g/mol. The van der Waals surface area contributed by atoms with E-state index in [1.165, 1.54) is 16.7 Å². The summed E-state index contributed by atoms with van der Waals surface area (Å²) in [7, 11) is 1.62. The van der Waals surface area contributed by atoms with Gasteiger partial charge in [-0.25, -0.2) is 0 Å². The van der Waals surface area contributed by atoms with Crippen LogP contribution < -0.4 is 4.74 Å². The fraction of sp³-hybridized carbons (Fsp3) is 0.190. The highest BCUT2D eigenvalue weighted by atomic mass is 16.5. The van der Waals surface area contributed by atoms with E-state index >= 15 is 0 Å². The zero-order valence-electron chi connectivity index (χ0n) is 13.7. The Morgan fingerprint density at radius 3 is 2.39 bits per heavy atom. The van der Waals surface area contributed by atoms with Gasteiger partial charge >= 0.3 is 0 Å². The zero-order valence-corrected chi connectivity index (χ0v) is 13.7. The maximum absolute atomic E-state index is 13.0. The summed E-state index contributed by atoms with van der Waals surface area (Å²) in [5.41, 5.74) is 6.19. The van der Waals surface area contributed by atoms with Gasteiger partial charge in [-0.05, 0) is 49.1 Å². The zero-order chi connectivity index (χ0) is 16.4. The van der Waals surface area contributed by atoms with E-state index in [1.807, 2.05) is 48.5 Å². The molecule has 116 valence electrons. The van der Waals surface area contributed by atoms with Crippen LogP contribution in [0.3, 0.4) is 0 Å². The maximum atomic E-state index is 13.0. The number of rotatable bonds is 4. The fourth-order valence-corrected chi connectivity index (χ4v) is 3.08. The van der Waals surface area contributed by atoms with Crippen molar-refractivity contribution in [3.63, 3.8) is 0 Å². The maximum Gasteiger partial charge on any atom is 0.193 e. The van der Waals surface area contributed by atoms with Crippen molar-refractivity contribution in [2.45, 2.75) is 20.3 Å². The lowest BCUT2D eigenvalue weighted by molar-refractivity contribution is 0.103. The smallest absolute Gasteiger partial charge is 0.193 e. The molecule has 1 aliphatic carbocycles. The molecule has 0 N–H and O–H groups in total. The Bertz CT molecular complexity index is 811. The normalized spacial score (nSPS) is 14.0. The summed E-state index contributed by atoms with van der Waals surface area (Å²) < 4.78 is 5.33. The monoisotopic (exact) mass is 304 g/mol. The molecule has 0 atom stereocenters. The second-order valence-corrected chi connectivity index (χ2v) is 5.94. The van der Waals surface area contributed by atoms with E-state index in [4.69, 9.17) is 4.74 Å². The third-order valence-electron chi connectivity index (χ3n) is 4.23. The lowest BCUT2D eigenvalue weighted by atomic mass is 9.91. The molecule has 2 nitrogen and oxygen atoms in total. The molecule has 1 aliphatic rings. The highest BCUT2D eigenvalue weighted by Crippen LogP contribution is 2.36. The molecule has 0 aliphatic heterocycles. The number of hydrogen-bond donors (Lipinski definition) is 0. The fourth-order valence-electron chi connectivity index (χ4n) is 3.08. The van der Waals surface area contributed by atoms with Gasteiger partial charge in [-0.1, -0.05) is 48.0 Å². The van der Waals surface area contributed by atoms with Gasteiger partial charge in [-0.3, -0.25) is 4.79 Å². The van der Waals surface area contributed by atoms with E-state index in [0.717, 1.165) is 12.0 Å². The Kier molecular flexibility index (Phi) is 4.16. The average Bonchev–Trinajstić information content (AvgIpc) is 2.92. The largest absolute Gasteiger partial charge is 0.497 e. The standard InChI is InChI=1S/C21H20O2/c1-14-11-15(2)19(12-14)18-10-9-17(23-3)13-20(18)21(22)16-7-5-4-6-8-16/h4-11,13H,12H2,1-3H3. The van der Waals surface area contributed by atoms with Crippen molar-refractivity contribution in [3.8, 4) is 5.75 Å². The molecule has 0 bridgehead atoms. The second-order valence-electron chi connectivity index (χ2n) is 5.94. The van der Waals surface area contributed by atoms with Crippen molar-refractivity contribution in [2.24, 2.45) is 0 Å². The molecule has 3 rings (SSSR count). The Morgan fingerprint density at radius 2 is 1.78 bits per heavy atom. The van der Waals surface area contributed by atoms with Crippen LogP contribution in [0.1, 0.15) is 41.8 Å². The van der Waals surface area contributed by atoms with Crippen LogP contribution in [-0.4, -0.2) is 12.9 Å². The van der Waals surface area contributed by atoms with Crippen molar-refractivity contribution in [3.05, 3.63) is 82.4 Å². The predicted octanol–water partition coefficient (Wildman–Crippen LogP) is 5.05. The van der Waals surface area contributed by atoms with Crippen molar-refractivity contribution in [1.29, 1.82) is 0 Å². The lowest BCUT2D eigenvalue weighted by Crippen LogP contribution is -2.06. The van der Waals surface area contributed by atoms with Gasteiger partial charge in [0.15, 0.2) is 5.78 Å². The first-order valence-electron chi connectivity index (χ1n) is 7.75. The summed E-state index contributed by atoms with van der Waals surface area (Å²) in [6, 6.07) is 15.2. The number of allylic oxidation sites excluding steroid dienone is 4. The van der Waals surface area contributed by atoms with E-state index in [1.54, 1.807) is 7.11 Å². The summed E-state index contributed by atoms with van der Waals surface area (Å²) in [5.74, 6) is 0.735. The highest BCUT2D eigenvalue weighted by Gasteiger charge is 2.20. The van der Waals surface area contributed by atoms with Crippen molar-refractivity contribution in [1.82, 2.24) is 0 Å². The molecule has 0 spiro atoms. The number of benzene rings is 2. The molecule has 0 radical (unpaired) electrons. The third-order valence-corrected chi connectivity index (χ3v) is 4.23. The molecule has 0 unspecified atom stereocenters. The number of hydrogen-bond acceptors (Lipinski definition) is 2. The molecule has 2 aromatic rings. The molecule has 0 saturated heterocycles. The van der Waals surface area contributed by atoms with Gasteiger partial charge in [-0.2, -0.15) is 0 Å². The quantitative estimate of drug-likeness (QED) is 0.739. The molecule has 0 amide bonds. The topological polar surface area (TPSA) is 26.3 Å². The van der Waals surface area contributed by atoms with Gasteiger partial charge in [0, 0.05) is 11.1 Å². The third kappa shape index (κ3) is 2.98. The van der Waals surface area contributed by atoms with E-state index in [2.05, 4.69) is 19.9 Å². The number of carbonyl (C=O) groups is 1. The van der Waals surface area contributed by atoms with Crippen LogP contribution in [0.4, 0.5) is 0 Å². The number of ketones is 1. The van der Waals surface area contributed by atoms with Crippen molar-refractivity contribution in [2.75, 3.05) is 7.11 Å². The summed E-state index contributed by atoms with van der Waals surface area (Å²) >= 11 is 0. The van der Waals surface area contributed by atoms with E-state index in [0.29, 0.717) is 16.9 Å². The molecule has 0 saturated carbocycles. The minimum absolute atomic E-state index is 0.0318. The lowest BCUT2D eigenvalue weighted by Gasteiger charge is -2.13. The minimum atomic E-state index is 0.0318. The number of methoxy groups -OCH3 is 1. The minimum Gasteiger partial charge on any atom is -0.497 e. The summed E-state index contributed by atoms with van der Waals surface area (Å²) in [4.78, 5) is 13.0. The first kappa shape index (κ1) is 15.3. The van der Waals surface area contributed by atoms with Gasteiger partial charge in [0.05, 0.1) is 7.11 Å². The SMILES string of the molecule is COc1ccc(C2=C(C)C=C(C)C2)c(C(=O)c2ccccc2)c1. The Labute approximate surface area is 137 Å². The van der Waals surface area contributed by atoms with Crippen LogP contribution in [0, 0.1) is 0 Å². The van der Waals surface area contributed by atoms with Crippen LogP contribution in [0.15, 0.2) is 65.8 Å². The van der Waals surface area contributed by atoms with Crippen molar-refractivity contribution >= 4 is 11.4 Å². The van der Waals surface area contributed by atoms with Crippen LogP contribution in [0.5, 0.6) is 5.75 Å². The Morgan fingerprint density at radius 1 is 1.04 bits per heavy atom. The van der Waals surface area contributed by atoms with E-state index in [9.17, 15) is 4.79 Å².